The minimum absolute atomic E-state index is 0.325. The summed E-state index contributed by atoms with van der Waals surface area (Å²) in [6.07, 6.45) is 6.39. The van der Waals surface area contributed by atoms with E-state index in [2.05, 4.69) is 11.2 Å². The summed E-state index contributed by atoms with van der Waals surface area (Å²) in [4.78, 5) is 23.8. The smallest absolute Gasteiger partial charge is 0.327 e. The van der Waals surface area contributed by atoms with E-state index in [0.717, 1.165) is 0 Å². The second-order valence-corrected chi connectivity index (χ2v) is 4.36. The van der Waals surface area contributed by atoms with Crippen LogP contribution in [0.15, 0.2) is 0 Å². The van der Waals surface area contributed by atoms with E-state index >= 15 is 0 Å². The standard InChI is InChI=1S/C10H14N2O3S/c1-2-3-4-5-11-10(15)12-7-16-6-8(12)9(13)14/h1,8H,3-7H2,(H,11,15)(H,13,14). The van der Waals surface area contributed by atoms with Crippen LogP contribution in [-0.2, 0) is 4.79 Å². The maximum absolute atomic E-state index is 11.6. The fourth-order valence-corrected chi connectivity index (χ4v) is 2.48. The molecule has 0 bridgehead atoms. The van der Waals surface area contributed by atoms with Crippen molar-refractivity contribution in [2.24, 2.45) is 0 Å². The van der Waals surface area contributed by atoms with Crippen molar-refractivity contribution in [2.45, 2.75) is 18.9 Å². The number of terminal acetylenes is 1. The zero-order valence-electron chi connectivity index (χ0n) is 8.81. The van der Waals surface area contributed by atoms with Gasteiger partial charge in [0, 0.05) is 18.7 Å². The monoisotopic (exact) mass is 242 g/mol. The number of hydrogen-bond donors (Lipinski definition) is 2. The topological polar surface area (TPSA) is 69.6 Å². The van der Waals surface area contributed by atoms with Crippen molar-refractivity contribution in [3.8, 4) is 12.3 Å². The lowest BCUT2D eigenvalue weighted by Gasteiger charge is -2.20. The fraction of sp³-hybridized carbons (Fsp3) is 0.600. The van der Waals surface area contributed by atoms with Crippen molar-refractivity contribution in [3.05, 3.63) is 0 Å². The van der Waals surface area contributed by atoms with Crippen molar-refractivity contribution in [1.82, 2.24) is 10.2 Å². The van der Waals surface area contributed by atoms with Gasteiger partial charge in [0.05, 0.1) is 5.88 Å². The van der Waals surface area contributed by atoms with E-state index in [0.29, 0.717) is 31.0 Å². The molecule has 1 heterocycles. The predicted molar refractivity (Wildman–Crippen MR) is 62.1 cm³/mol. The molecule has 0 aromatic heterocycles. The van der Waals surface area contributed by atoms with Gasteiger partial charge in [-0.2, -0.15) is 0 Å². The van der Waals surface area contributed by atoms with E-state index < -0.39 is 12.0 Å². The van der Waals surface area contributed by atoms with Crippen LogP contribution in [0.25, 0.3) is 0 Å². The highest BCUT2D eigenvalue weighted by Crippen LogP contribution is 2.20. The van der Waals surface area contributed by atoms with Gasteiger partial charge in [-0.1, -0.05) is 0 Å². The maximum atomic E-state index is 11.6. The number of urea groups is 1. The first-order valence-electron chi connectivity index (χ1n) is 4.95. The Morgan fingerprint density at radius 3 is 3.00 bits per heavy atom. The molecule has 1 rings (SSSR count). The van der Waals surface area contributed by atoms with E-state index in [1.54, 1.807) is 0 Å². The Bertz CT molecular complexity index is 314. The summed E-state index contributed by atoms with van der Waals surface area (Å²) in [5.74, 6) is 2.40. The van der Waals surface area contributed by atoms with Gasteiger partial charge in [0.25, 0.3) is 0 Å². The number of amides is 2. The Kier molecular flexibility index (Phi) is 4.99. The first-order valence-corrected chi connectivity index (χ1v) is 6.10. The number of nitrogens with zero attached hydrogens (tertiary/aromatic N) is 1. The third kappa shape index (κ3) is 3.35. The van der Waals surface area contributed by atoms with Crippen molar-refractivity contribution < 1.29 is 14.7 Å². The van der Waals surface area contributed by atoms with E-state index in [1.807, 2.05) is 0 Å². The van der Waals surface area contributed by atoms with Gasteiger partial charge in [-0.3, -0.25) is 0 Å². The third-order valence-electron chi connectivity index (χ3n) is 2.20. The predicted octanol–water partition coefficient (Wildman–Crippen LogP) is 0.569. The number of carbonyl (C=O) groups is 2. The van der Waals surface area contributed by atoms with Crippen LogP contribution in [0.3, 0.4) is 0 Å². The van der Waals surface area contributed by atoms with Crippen molar-refractivity contribution >= 4 is 23.8 Å². The van der Waals surface area contributed by atoms with Crippen LogP contribution in [0.1, 0.15) is 12.8 Å². The Balaban J connectivity index is 2.36. The Hall–Kier alpha value is -1.35. The average Bonchev–Trinajstić information content (AvgIpc) is 2.73. The highest BCUT2D eigenvalue weighted by molar-refractivity contribution is 7.99. The minimum atomic E-state index is -0.955. The summed E-state index contributed by atoms with van der Waals surface area (Å²) in [5.41, 5.74) is 0. The summed E-state index contributed by atoms with van der Waals surface area (Å²) in [6, 6.07) is -1.04. The Morgan fingerprint density at radius 1 is 1.62 bits per heavy atom. The van der Waals surface area contributed by atoms with Gasteiger partial charge in [0.15, 0.2) is 0 Å². The van der Waals surface area contributed by atoms with E-state index in [-0.39, 0.29) is 6.03 Å². The number of hydrogen-bond acceptors (Lipinski definition) is 3. The van der Waals surface area contributed by atoms with Crippen molar-refractivity contribution in [1.29, 1.82) is 0 Å². The lowest BCUT2D eigenvalue weighted by molar-refractivity contribution is -0.140. The first kappa shape index (κ1) is 12.7. The molecule has 0 spiro atoms. The maximum Gasteiger partial charge on any atom is 0.327 e. The van der Waals surface area contributed by atoms with Gasteiger partial charge in [-0.25, -0.2) is 9.59 Å². The molecule has 1 aliphatic heterocycles. The second kappa shape index (κ2) is 6.28. The zero-order valence-corrected chi connectivity index (χ0v) is 9.63. The number of carboxylic acid groups (broad SMARTS) is 1. The van der Waals surface area contributed by atoms with Crippen LogP contribution in [-0.4, -0.2) is 46.2 Å². The number of carbonyl (C=O) groups excluding carboxylic acids is 1. The van der Waals surface area contributed by atoms with Gasteiger partial charge >= 0.3 is 12.0 Å². The molecule has 1 atom stereocenters. The van der Waals surface area contributed by atoms with Gasteiger partial charge in [0.1, 0.15) is 6.04 Å². The molecular formula is C10H14N2O3S. The Labute approximate surface area is 98.6 Å². The normalized spacial score (nSPS) is 19.2. The van der Waals surface area contributed by atoms with Gasteiger partial charge in [-0.15, -0.1) is 24.1 Å². The lowest BCUT2D eigenvalue weighted by Crippen LogP contribution is -2.47. The molecule has 16 heavy (non-hydrogen) atoms. The molecular weight excluding hydrogens is 228 g/mol. The summed E-state index contributed by atoms with van der Waals surface area (Å²) < 4.78 is 0. The number of carboxylic acids is 1. The molecule has 2 amide bonds. The molecule has 0 aromatic carbocycles. The molecule has 0 saturated carbocycles. The number of rotatable bonds is 4. The highest BCUT2D eigenvalue weighted by atomic mass is 32.2. The van der Waals surface area contributed by atoms with E-state index in [9.17, 15) is 9.59 Å². The molecule has 88 valence electrons. The van der Waals surface area contributed by atoms with Crippen LogP contribution in [0.5, 0.6) is 0 Å². The number of nitrogens with one attached hydrogen (secondary N) is 1. The van der Waals surface area contributed by atoms with Crippen LogP contribution in [0.2, 0.25) is 0 Å². The molecule has 1 aliphatic rings. The lowest BCUT2D eigenvalue weighted by atomic mass is 10.3. The van der Waals surface area contributed by atoms with Crippen LogP contribution < -0.4 is 5.32 Å². The molecule has 1 unspecified atom stereocenters. The highest BCUT2D eigenvalue weighted by Gasteiger charge is 2.34. The quantitative estimate of drug-likeness (QED) is 0.558. The van der Waals surface area contributed by atoms with E-state index in [1.165, 1.54) is 16.7 Å². The largest absolute Gasteiger partial charge is 0.480 e. The molecule has 0 aromatic rings. The average molecular weight is 242 g/mol. The van der Waals surface area contributed by atoms with Gasteiger partial charge in [0.2, 0.25) is 0 Å². The number of thioether (sulfide) groups is 1. The summed E-state index contributed by atoms with van der Waals surface area (Å²) in [5, 5.41) is 11.5. The summed E-state index contributed by atoms with van der Waals surface area (Å²) in [7, 11) is 0. The fourth-order valence-electron chi connectivity index (χ4n) is 1.33. The first-order chi connectivity index (χ1) is 7.66. The SMILES string of the molecule is C#CCCCNC(=O)N1CSCC1C(=O)O. The Morgan fingerprint density at radius 2 is 2.38 bits per heavy atom. The van der Waals surface area contributed by atoms with Gasteiger partial charge < -0.3 is 15.3 Å². The minimum Gasteiger partial charge on any atom is -0.480 e. The van der Waals surface area contributed by atoms with Crippen LogP contribution in [0.4, 0.5) is 4.79 Å². The van der Waals surface area contributed by atoms with Crippen molar-refractivity contribution in [3.63, 3.8) is 0 Å². The number of unbranched alkanes of at least 4 members (excludes halogenated alkanes) is 1. The van der Waals surface area contributed by atoms with E-state index in [4.69, 9.17) is 11.5 Å². The van der Waals surface area contributed by atoms with Crippen molar-refractivity contribution in [2.75, 3.05) is 18.2 Å². The molecule has 0 radical (unpaired) electrons. The molecule has 6 heteroatoms. The second-order valence-electron chi connectivity index (χ2n) is 3.36. The third-order valence-corrected chi connectivity index (χ3v) is 3.21. The molecule has 2 N–H and O–H groups in total. The summed E-state index contributed by atoms with van der Waals surface area (Å²) in [6.45, 7) is 0.483. The molecule has 1 fully saturated rings. The molecule has 5 nitrogen and oxygen atoms in total. The van der Waals surface area contributed by atoms with Gasteiger partial charge in [-0.05, 0) is 6.42 Å². The molecule has 0 aliphatic carbocycles. The van der Waals surface area contributed by atoms with Crippen LogP contribution in [0, 0.1) is 12.3 Å². The van der Waals surface area contributed by atoms with Crippen LogP contribution >= 0.6 is 11.8 Å². The zero-order chi connectivity index (χ0) is 12.0. The molecule has 1 saturated heterocycles. The summed E-state index contributed by atoms with van der Waals surface area (Å²) >= 11 is 1.44. The number of aliphatic carboxylic acids is 1.